The summed E-state index contributed by atoms with van der Waals surface area (Å²) in [6.45, 7) is 4.49. The van der Waals surface area contributed by atoms with Crippen molar-refractivity contribution in [2.24, 2.45) is 11.8 Å². The number of hydrogen-bond donors (Lipinski definition) is 0. The van der Waals surface area contributed by atoms with Crippen molar-refractivity contribution >= 4 is 11.6 Å². The molecule has 1 aliphatic carbocycles. The molecule has 0 saturated heterocycles. The van der Waals surface area contributed by atoms with Crippen LogP contribution in [0.4, 0.5) is 0 Å². The third-order valence-corrected chi connectivity index (χ3v) is 4.10. The molecular weight excluding hydrogens is 180 g/mol. The van der Waals surface area contributed by atoms with E-state index >= 15 is 0 Å². The van der Waals surface area contributed by atoms with Gasteiger partial charge in [0.05, 0.1) is 0 Å². The highest BCUT2D eigenvalue weighted by atomic mass is 35.5. The van der Waals surface area contributed by atoms with Gasteiger partial charge in [-0.1, -0.05) is 46.0 Å². The summed E-state index contributed by atoms with van der Waals surface area (Å²) in [4.78, 5) is 0. The first kappa shape index (κ1) is 11.4. The van der Waals surface area contributed by atoms with Gasteiger partial charge in [-0.25, -0.2) is 0 Å². The Balaban J connectivity index is 2.36. The molecule has 1 atom stereocenters. The highest BCUT2D eigenvalue weighted by Gasteiger charge is 2.22. The predicted octanol–water partition coefficient (Wildman–Crippen LogP) is 4.61. The molecular formula is C12H23Cl. The van der Waals surface area contributed by atoms with Crippen molar-refractivity contribution in [1.82, 2.24) is 0 Å². The summed E-state index contributed by atoms with van der Waals surface area (Å²) < 4.78 is 0. The summed E-state index contributed by atoms with van der Waals surface area (Å²) in [5.74, 6) is 1.44. The van der Waals surface area contributed by atoms with Crippen LogP contribution in [0.5, 0.6) is 0 Å². The molecule has 1 unspecified atom stereocenters. The number of hydrogen-bond acceptors (Lipinski definition) is 0. The summed E-state index contributed by atoms with van der Waals surface area (Å²) in [5.41, 5.74) is 0. The zero-order valence-corrected chi connectivity index (χ0v) is 9.82. The molecule has 78 valence electrons. The van der Waals surface area contributed by atoms with E-state index in [1.807, 2.05) is 0 Å². The summed E-state index contributed by atoms with van der Waals surface area (Å²) in [6, 6.07) is 0. The van der Waals surface area contributed by atoms with Crippen molar-refractivity contribution in [1.29, 1.82) is 0 Å². The average Bonchev–Trinajstić information content (AvgIpc) is 2.02. The number of halogens is 1. The maximum Gasteiger partial charge on any atom is 0.0387 e. The molecule has 0 aromatic heterocycles. The van der Waals surface area contributed by atoms with Gasteiger partial charge in [0.2, 0.25) is 0 Å². The smallest absolute Gasteiger partial charge is 0.0387 e. The zero-order chi connectivity index (χ0) is 9.68. The first-order valence-corrected chi connectivity index (χ1v) is 6.29. The molecule has 13 heavy (non-hydrogen) atoms. The van der Waals surface area contributed by atoms with Crippen molar-refractivity contribution in [3.05, 3.63) is 0 Å². The molecule has 0 aromatic rings. The van der Waals surface area contributed by atoms with E-state index in [1.165, 1.54) is 44.9 Å². The minimum Gasteiger partial charge on any atom is -0.122 e. The SMILES string of the molecule is CC(C)C(Cl)C1CCCCCCC1. The molecule has 1 fully saturated rings. The van der Waals surface area contributed by atoms with E-state index in [2.05, 4.69) is 13.8 Å². The highest BCUT2D eigenvalue weighted by Crippen LogP contribution is 2.30. The third-order valence-electron chi connectivity index (χ3n) is 3.24. The van der Waals surface area contributed by atoms with Crippen LogP contribution in [-0.4, -0.2) is 5.38 Å². The van der Waals surface area contributed by atoms with Crippen LogP contribution >= 0.6 is 11.6 Å². The topological polar surface area (TPSA) is 0 Å². The lowest BCUT2D eigenvalue weighted by molar-refractivity contribution is 0.329. The summed E-state index contributed by atoms with van der Waals surface area (Å²) in [5, 5.41) is 0.415. The van der Waals surface area contributed by atoms with Gasteiger partial charge >= 0.3 is 0 Å². The van der Waals surface area contributed by atoms with Crippen molar-refractivity contribution in [2.75, 3.05) is 0 Å². The monoisotopic (exact) mass is 202 g/mol. The minimum atomic E-state index is 0.415. The molecule has 0 heterocycles. The molecule has 0 nitrogen and oxygen atoms in total. The molecule has 0 N–H and O–H groups in total. The van der Waals surface area contributed by atoms with E-state index in [4.69, 9.17) is 11.6 Å². The fraction of sp³-hybridized carbons (Fsp3) is 1.00. The molecule has 0 bridgehead atoms. The van der Waals surface area contributed by atoms with Crippen LogP contribution in [0.1, 0.15) is 58.8 Å². The molecule has 0 aliphatic heterocycles. The second-order valence-corrected chi connectivity index (χ2v) is 5.30. The van der Waals surface area contributed by atoms with Crippen LogP contribution in [0, 0.1) is 11.8 Å². The van der Waals surface area contributed by atoms with E-state index in [-0.39, 0.29) is 0 Å². The van der Waals surface area contributed by atoms with Gasteiger partial charge in [-0.05, 0) is 24.7 Å². The molecule has 1 aliphatic rings. The molecule has 0 radical (unpaired) electrons. The molecule has 0 aromatic carbocycles. The van der Waals surface area contributed by atoms with E-state index in [0.717, 1.165) is 5.92 Å². The van der Waals surface area contributed by atoms with Crippen LogP contribution in [0.15, 0.2) is 0 Å². The summed E-state index contributed by atoms with van der Waals surface area (Å²) >= 11 is 6.42. The quantitative estimate of drug-likeness (QED) is 0.574. The number of alkyl halides is 1. The van der Waals surface area contributed by atoms with Gasteiger partial charge in [-0.15, -0.1) is 11.6 Å². The minimum absolute atomic E-state index is 0.415. The van der Waals surface area contributed by atoms with Crippen molar-refractivity contribution < 1.29 is 0 Å². The Morgan fingerprint density at radius 1 is 0.923 bits per heavy atom. The van der Waals surface area contributed by atoms with Gasteiger partial charge in [0.15, 0.2) is 0 Å². The van der Waals surface area contributed by atoms with E-state index in [1.54, 1.807) is 0 Å². The van der Waals surface area contributed by atoms with Crippen molar-refractivity contribution in [3.8, 4) is 0 Å². The standard InChI is InChI=1S/C12H23Cl/c1-10(2)12(13)11-8-6-4-3-5-7-9-11/h10-12H,3-9H2,1-2H3. The largest absolute Gasteiger partial charge is 0.122 e. The summed E-state index contributed by atoms with van der Waals surface area (Å²) in [6.07, 6.45) is 9.84. The second-order valence-electron chi connectivity index (χ2n) is 4.79. The Bertz CT molecular complexity index is 123. The summed E-state index contributed by atoms with van der Waals surface area (Å²) in [7, 11) is 0. The van der Waals surface area contributed by atoms with Crippen LogP contribution in [0.3, 0.4) is 0 Å². The van der Waals surface area contributed by atoms with Gasteiger partial charge in [0.25, 0.3) is 0 Å². The van der Waals surface area contributed by atoms with Gasteiger partial charge in [-0.3, -0.25) is 0 Å². The van der Waals surface area contributed by atoms with Gasteiger partial charge in [0.1, 0.15) is 0 Å². The Kier molecular flexibility index (Phi) is 5.16. The normalized spacial score (nSPS) is 24.0. The molecule has 0 spiro atoms. The Hall–Kier alpha value is 0.290. The average molecular weight is 203 g/mol. The maximum absolute atomic E-state index is 6.42. The van der Waals surface area contributed by atoms with Crippen molar-refractivity contribution in [2.45, 2.75) is 64.2 Å². The third kappa shape index (κ3) is 3.89. The molecule has 0 amide bonds. The lowest BCUT2D eigenvalue weighted by Gasteiger charge is -2.26. The number of rotatable bonds is 2. The second kappa shape index (κ2) is 5.90. The fourth-order valence-electron chi connectivity index (χ4n) is 2.35. The molecule has 1 saturated carbocycles. The Morgan fingerprint density at radius 3 is 1.85 bits per heavy atom. The van der Waals surface area contributed by atoms with Gasteiger partial charge in [0, 0.05) is 5.38 Å². The maximum atomic E-state index is 6.42. The first-order valence-electron chi connectivity index (χ1n) is 5.86. The first-order chi connectivity index (χ1) is 6.22. The zero-order valence-electron chi connectivity index (χ0n) is 9.06. The van der Waals surface area contributed by atoms with Crippen molar-refractivity contribution in [3.63, 3.8) is 0 Å². The van der Waals surface area contributed by atoms with E-state index in [0.29, 0.717) is 11.3 Å². The fourth-order valence-corrected chi connectivity index (χ4v) is 2.60. The lowest BCUT2D eigenvalue weighted by Crippen LogP contribution is -2.21. The Labute approximate surface area is 88.1 Å². The molecule has 1 rings (SSSR count). The highest BCUT2D eigenvalue weighted by molar-refractivity contribution is 6.20. The van der Waals surface area contributed by atoms with Crippen LogP contribution in [0.25, 0.3) is 0 Å². The predicted molar refractivity (Wildman–Crippen MR) is 60.3 cm³/mol. The van der Waals surface area contributed by atoms with E-state index in [9.17, 15) is 0 Å². The van der Waals surface area contributed by atoms with Crippen LogP contribution in [-0.2, 0) is 0 Å². The lowest BCUT2D eigenvalue weighted by atomic mass is 9.85. The van der Waals surface area contributed by atoms with Crippen LogP contribution < -0.4 is 0 Å². The van der Waals surface area contributed by atoms with Gasteiger partial charge in [-0.2, -0.15) is 0 Å². The van der Waals surface area contributed by atoms with Gasteiger partial charge < -0.3 is 0 Å². The Morgan fingerprint density at radius 2 is 1.38 bits per heavy atom. The molecule has 1 heteroatoms. The van der Waals surface area contributed by atoms with Crippen LogP contribution in [0.2, 0.25) is 0 Å². The van der Waals surface area contributed by atoms with E-state index < -0.39 is 0 Å².